The topological polar surface area (TPSA) is 86.5 Å². The Kier molecular flexibility index (Phi) is 7.22. The number of oxazole rings is 1. The van der Waals surface area contributed by atoms with Crippen molar-refractivity contribution in [3.05, 3.63) is 78.5 Å². The molecule has 0 spiro atoms. The van der Waals surface area contributed by atoms with Crippen LogP contribution in [0.4, 0.5) is 5.69 Å². The monoisotopic (exact) mass is 419 g/mol. The highest BCUT2D eigenvalue weighted by Crippen LogP contribution is 2.26. The summed E-state index contributed by atoms with van der Waals surface area (Å²) in [5.41, 5.74) is 3.55. The minimum atomic E-state index is -0.156. The van der Waals surface area contributed by atoms with E-state index in [2.05, 4.69) is 21.9 Å². The average molecular weight is 419 g/mol. The summed E-state index contributed by atoms with van der Waals surface area (Å²) >= 11 is 0. The summed E-state index contributed by atoms with van der Waals surface area (Å²) in [6.07, 6.45) is 7.55. The number of methoxy groups -OCH3 is 2. The standard InChI is InChI=1S/C24H25N3O4/c1-5-17(9-10-21(30-4)16(2)29-3)13-23(28)26-19-8-6-7-18(14-19)24-27-20-11-12-25-15-22(20)31-24/h5-9,11-12,14-15H,1,10,13H2,2-4H3,(H,26,28)/b17-9+,21-16-. The number of fused-ring (bicyclic) bond motifs is 1. The quantitative estimate of drug-likeness (QED) is 0.377. The molecule has 0 bridgehead atoms. The summed E-state index contributed by atoms with van der Waals surface area (Å²) in [7, 11) is 3.18. The zero-order valence-electron chi connectivity index (χ0n) is 17.8. The van der Waals surface area contributed by atoms with Crippen LogP contribution in [-0.4, -0.2) is 30.1 Å². The number of benzene rings is 1. The number of rotatable bonds is 9. The maximum Gasteiger partial charge on any atom is 0.228 e. The van der Waals surface area contributed by atoms with Crippen molar-refractivity contribution in [2.45, 2.75) is 19.8 Å². The number of nitrogens with zero attached hydrogens (tertiary/aromatic N) is 2. The van der Waals surface area contributed by atoms with Gasteiger partial charge in [-0.2, -0.15) is 0 Å². The largest absolute Gasteiger partial charge is 0.498 e. The summed E-state index contributed by atoms with van der Waals surface area (Å²) < 4.78 is 16.3. The van der Waals surface area contributed by atoms with Crippen LogP contribution in [0.3, 0.4) is 0 Å². The van der Waals surface area contributed by atoms with E-state index in [1.165, 1.54) is 0 Å². The van der Waals surface area contributed by atoms with Crippen LogP contribution in [0.2, 0.25) is 0 Å². The number of anilines is 1. The first-order chi connectivity index (χ1) is 15.0. The number of amides is 1. The van der Waals surface area contributed by atoms with Crippen molar-refractivity contribution in [3.63, 3.8) is 0 Å². The number of carbonyl (C=O) groups excluding carboxylic acids is 1. The van der Waals surface area contributed by atoms with E-state index in [1.54, 1.807) is 38.8 Å². The van der Waals surface area contributed by atoms with Crippen LogP contribution in [-0.2, 0) is 14.3 Å². The van der Waals surface area contributed by atoms with Gasteiger partial charge in [-0.15, -0.1) is 0 Å². The third-order valence-corrected chi connectivity index (χ3v) is 4.71. The molecule has 0 saturated heterocycles. The maximum atomic E-state index is 12.6. The molecule has 31 heavy (non-hydrogen) atoms. The summed E-state index contributed by atoms with van der Waals surface area (Å²) in [5.74, 6) is 1.71. The summed E-state index contributed by atoms with van der Waals surface area (Å²) in [4.78, 5) is 21.1. The van der Waals surface area contributed by atoms with Gasteiger partial charge in [0.25, 0.3) is 0 Å². The molecule has 2 aromatic heterocycles. The minimum Gasteiger partial charge on any atom is -0.498 e. The first-order valence-electron chi connectivity index (χ1n) is 9.74. The molecule has 7 heteroatoms. The second-order valence-corrected chi connectivity index (χ2v) is 6.74. The molecular weight excluding hydrogens is 394 g/mol. The van der Waals surface area contributed by atoms with E-state index in [1.807, 2.05) is 37.3 Å². The molecule has 0 aliphatic carbocycles. The molecule has 0 atom stereocenters. The molecule has 0 fully saturated rings. The van der Waals surface area contributed by atoms with Crippen LogP contribution in [0.25, 0.3) is 22.6 Å². The molecule has 1 N–H and O–H groups in total. The Morgan fingerprint density at radius 1 is 1.26 bits per heavy atom. The van der Waals surface area contributed by atoms with E-state index in [0.717, 1.165) is 16.7 Å². The Hall–Kier alpha value is -3.87. The Morgan fingerprint density at radius 2 is 2.10 bits per heavy atom. The van der Waals surface area contributed by atoms with Crippen molar-refractivity contribution in [2.75, 3.05) is 19.5 Å². The SMILES string of the molecule is C=C/C(=C\C/C(OC)=C(\C)OC)CC(=O)Nc1cccc(-c2nc3ccncc3o2)c1. The second kappa shape index (κ2) is 10.2. The van der Waals surface area contributed by atoms with Gasteiger partial charge in [0.15, 0.2) is 5.58 Å². The average Bonchev–Trinajstić information content (AvgIpc) is 3.23. The number of nitrogens with one attached hydrogen (secondary N) is 1. The molecule has 0 aliphatic rings. The Bertz CT molecular complexity index is 1110. The number of hydrogen-bond acceptors (Lipinski definition) is 6. The number of pyridine rings is 1. The van der Waals surface area contributed by atoms with Gasteiger partial charge in [-0.1, -0.05) is 24.8 Å². The van der Waals surface area contributed by atoms with Crippen molar-refractivity contribution in [1.82, 2.24) is 9.97 Å². The molecule has 1 amide bonds. The van der Waals surface area contributed by atoms with Crippen LogP contribution in [0, 0.1) is 0 Å². The molecule has 7 nitrogen and oxygen atoms in total. The normalized spacial score (nSPS) is 12.3. The lowest BCUT2D eigenvalue weighted by Gasteiger charge is -2.09. The van der Waals surface area contributed by atoms with E-state index in [9.17, 15) is 4.79 Å². The Morgan fingerprint density at radius 3 is 2.81 bits per heavy atom. The highest BCUT2D eigenvalue weighted by atomic mass is 16.5. The highest BCUT2D eigenvalue weighted by molar-refractivity contribution is 5.93. The Balaban J connectivity index is 1.69. The molecule has 0 radical (unpaired) electrons. The lowest BCUT2D eigenvalue weighted by atomic mass is 10.1. The lowest BCUT2D eigenvalue weighted by molar-refractivity contribution is -0.115. The van der Waals surface area contributed by atoms with E-state index >= 15 is 0 Å². The van der Waals surface area contributed by atoms with Crippen LogP contribution in [0.1, 0.15) is 19.8 Å². The maximum absolute atomic E-state index is 12.6. The predicted molar refractivity (Wildman–Crippen MR) is 120 cm³/mol. The number of ether oxygens (including phenoxy) is 2. The molecular formula is C24H25N3O4. The van der Waals surface area contributed by atoms with Gasteiger partial charge >= 0.3 is 0 Å². The number of aromatic nitrogens is 2. The van der Waals surface area contributed by atoms with Crippen molar-refractivity contribution in [3.8, 4) is 11.5 Å². The van der Waals surface area contributed by atoms with Gasteiger partial charge in [-0.05, 0) is 36.8 Å². The summed E-state index contributed by atoms with van der Waals surface area (Å²) in [5, 5.41) is 2.91. The first kappa shape index (κ1) is 21.8. The van der Waals surface area contributed by atoms with Gasteiger partial charge in [0.1, 0.15) is 17.0 Å². The third-order valence-electron chi connectivity index (χ3n) is 4.71. The zero-order chi connectivity index (χ0) is 22.2. The summed E-state index contributed by atoms with van der Waals surface area (Å²) in [6, 6.07) is 9.14. The van der Waals surface area contributed by atoms with Gasteiger partial charge in [0.2, 0.25) is 11.8 Å². The molecule has 1 aromatic carbocycles. The molecule has 0 saturated carbocycles. The lowest BCUT2D eigenvalue weighted by Crippen LogP contribution is -2.12. The molecule has 3 rings (SSSR count). The Labute approximate surface area is 181 Å². The number of allylic oxidation sites excluding steroid dienone is 3. The fourth-order valence-corrected chi connectivity index (χ4v) is 2.96. The van der Waals surface area contributed by atoms with Gasteiger partial charge in [-0.25, -0.2) is 4.98 Å². The fraction of sp³-hybridized carbons (Fsp3) is 0.208. The molecule has 0 aliphatic heterocycles. The molecule has 2 heterocycles. The van der Waals surface area contributed by atoms with Crippen molar-refractivity contribution in [1.29, 1.82) is 0 Å². The minimum absolute atomic E-state index is 0.156. The molecule has 3 aromatic rings. The fourth-order valence-electron chi connectivity index (χ4n) is 2.96. The number of carbonyl (C=O) groups is 1. The van der Waals surface area contributed by atoms with E-state index in [-0.39, 0.29) is 12.3 Å². The zero-order valence-corrected chi connectivity index (χ0v) is 17.8. The first-order valence-corrected chi connectivity index (χ1v) is 9.74. The van der Waals surface area contributed by atoms with Crippen LogP contribution < -0.4 is 5.32 Å². The smallest absolute Gasteiger partial charge is 0.228 e. The van der Waals surface area contributed by atoms with E-state index in [4.69, 9.17) is 13.9 Å². The van der Waals surface area contributed by atoms with Crippen LogP contribution in [0.5, 0.6) is 0 Å². The van der Waals surface area contributed by atoms with Gasteiger partial charge in [-0.3, -0.25) is 9.78 Å². The van der Waals surface area contributed by atoms with E-state index < -0.39 is 0 Å². The van der Waals surface area contributed by atoms with Crippen molar-refractivity contribution < 1.29 is 18.7 Å². The van der Waals surface area contributed by atoms with Gasteiger partial charge < -0.3 is 19.2 Å². The van der Waals surface area contributed by atoms with Gasteiger partial charge in [0.05, 0.1) is 26.8 Å². The second-order valence-electron chi connectivity index (χ2n) is 6.74. The highest BCUT2D eigenvalue weighted by Gasteiger charge is 2.11. The van der Waals surface area contributed by atoms with Crippen LogP contribution >= 0.6 is 0 Å². The van der Waals surface area contributed by atoms with Crippen molar-refractivity contribution in [2.24, 2.45) is 0 Å². The van der Waals surface area contributed by atoms with Crippen molar-refractivity contribution >= 4 is 22.7 Å². The molecule has 0 unspecified atom stereocenters. The van der Waals surface area contributed by atoms with E-state index in [0.29, 0.717) is 35.1 Å². The predicted octanol–water partition coefficient (Wildman–Crippen LogP) is 5.25. The van der Waals surface area contributed by atoms with Gasteiger partial charge in [0, 0.05) is 23.9 Å². The third kappa shape index (κ3) is 5.60. The molecule has 160 valence electrons. The summed E-state index contributed by atoms with van der Waals surface area (Å²) in [6.45, 7) is 5.63. The van der Waals surface area contributed by atoms with Crippen LogP contribution in [0.15, 0.2) is 83.0 Å². The number of hydrogen-bond donors (Lipinski definition) is 1.